The Hall–Kier alpha value is -1.31. The lowest BCUT2D eigenvalue weighted by Crippen LogP contribution is -2.25. The average Bonchev–Trinajstić information content (AvgIpc) is 2.46. The predicted octanol–water partition coefficient (Wildman–Crippen LogP) is 0.899. The van der Waals surface area contributed by atoms with Crippen LogP contribution in [0.2, 0.25) is 0 Å². The topological polar surface area (TPSA) is 84.9 Å². The summed E-state index contributed by atoms with van der Waals surface area (Å²) in [5.41, 5.74) is 0. The van der Waals surface area contributed by atoms with Crippen molar-refractivity contribution in [3.05, 3.63) is 18.2 Å². The van der Waals surface area contributed by atoms with E-state index < -0.39 is 10.0 Å². The van der Waals surface area contributed by atoms with Gasteiger partial charge in [0.25, 0.3) is 0 Å². The molecule has 2 N–H and O–H groups in total. The van der Waals surface area contributed by atoms with Crippen LogP contribution < -0.4 is 14.2 Å². The van der Waals surface area contributed by atoms with Gasteiger partial charge in [0, 0.05) is 19.2 Å². The van der Waals surface area contributed by atoms with Gasteiger partial charge in [0.05, 0.1) is 4.90 Å². The number of aliphatic hydroxyl groups excluding tert-OH is 1. The van der Waals surface area contributed by atoms with Gasteiger partial charge in [-0.3, -0.25) is 0 Å². The summed E-state index contributed by atoms with van der Waals surface area (Å²) in [7, 11) is -3.53. The standard InChI is InChI=1S/C13H19NO5S/c15-7-3-1-2-6-14-20(16,17)11-4-5-12-13(10-11)19-9-8-18-12/h4-5,10,14-15H,1-3,6-9H2. The van der Waals surface area contributed by atoms with Crippen LogP contribution in [0, 0.1) is 0 Å². The van der Waals surface area contributed by atoms with Crippen molar-refractivity contribution in [2.45, 2.75) is 24.2 Å². The first-order valence-electron chi connectivity index (χ1n) is 6.63. The van der Waals surface area contributed by atoms with E-state index in [-0.39, 0.29) is 11.5 Å². The lowest BCUT2D eigenvalue weighted by molar-refractivity contribution is 0.171. The molecule has 1 aromatic carbocycles. The highest BCUT2D eigenvalue weighted by atomic mass is 32.2. The summed E-state index contributed by atoms with van der Waals surface area (Å²) in [5.74, 6) is 1.03. The summed E-state index contributed by atoms with van der Waals surface area (Å²) in [6, 6.07) is 4.59. The van der Waals surface area contributed by atoms with E-state index in [0.29, 0.717) is 44.1 Å². The van der Waals surface area contributed by atoms with Crippen molar-refractivity contribution < 1.29 is 23.0 Å². The Morgan fingerprint density at radius 1 is 1.10 bits per heavy atom. The van der Waals surface area contributed by atoms with E-state index in [1.807, 2.05) is 0 Å². The second-order valence-electron chi connectivity index (χ2n) is 4.49. The molecule has 0 saturated heterocycles. The number of nitrogens with one attached hydrogen (secondary N) is 1. The number of fused-ring (bicyclic) bond motifs is 1. The summed E-state index contributed by atoms with van der Waals surface area (Å²) in [6.07, 6.45) is 2.18. The largest absolute Gasteiger partial charge is 0.486 e. The molecule has 0 aliphatic carbocycles. The molecular weight excluding hydrogens is 282 g/mol. The number of aliphatic hydroxyl groups is 1. The second kappa shape index (κ2) is 6.92. The van der Waals surface area contributed by atoms with Crippen LogP contribution in [0.25, 0.3) is 0 Å². The quantitative estimate of drug-likeness (QED) is 0.731. The molecule has 2 rings (SSSR count). The maximum atomic E-state index is 12.1. The molecule has 7 heteroatoms. The van der Waals surface area contributed by atoms with Crippen LogP contribution in [0.3, 0.4) is 0 Å². The van der Waals surface area contributed by atoms with Gasteiger partial charge in [0.15, 0.2) is 11.5 Å². The van der Waals surface area contributed by atoms with Crippen LogP contribution >= 0.6 is 0 Å². The molecule has 0 spiro atoms. The minimum atomic E-state index is -3.53. The molecule has 0 atom stereocenters. The Morgan fingerprint density at radius 2 is 1.85 bits per heavy atom. The fraction of sp³-hybridized carbons (Fsp3) is 0.538. The Morgan fingerprint density at radius 3 is 2.60 bits per heavy atom. The van der Waals surface area contributed by atoms with E-state index in [1.165, 1.54) is 12.1 Å². The third-order valence-corrected chi connectivity index (χ3v) is 4.41. The number of hydrogen-bond acceptors (Lipinski definition) is 5. The van der Waals surface area contributed by atoms with Gasteiger partial charge in [0.1, 0.15) is 13.2 Å². The molecule has 0 saturated carbocycles. The zero-order chi connectivity index (χ0) is 14.4. The van der Waals surface area contributed by atoms with Crippen molar-refractivity contribution in [1.29, 1.82) is 0 Å². The molecule has 1 aliphatic rings. The Balaban J connectivity index is 1.98. The highest BCUT2D eigenvalue weighted by Crippen LogP contribution is 2.32. The summed E-state index contributed by atoms with van der Waals surface area (Å²) >= 11 is 0. The summed E-state index contributed by atoms with van der Waals surface area (Å²) in [5, 5.41) is 8.65. The van der Waals surface area contributed by atoms with Crippen LogP contribution in [0.1, 0.15) is 19.3 Å². The minimum Gasteiger partial charge on any atom is -0.486 e. The van der Waals surface area contributed by atoms with Gasteiger partial charge in [-0.15, -0.1) is 0 Å². The summed E-state index contributed by atoms with van der Waals surface area (Å²) in [4.78, 5) is 0.170. The van der Waals surface area contributed by atoms with Crippen molar-refractivity contribution in [1.82, 2.24) is 4.72 Å². The molecule has 0 bridgehead atoms. The molecule has 0 amide bonds. The van der Waals surface area contributed by atoms with E-state index in [0.717, 1.165) is 6.42 Å². The van der Waals surface area contributed by atoms with E-state index in [2.05, 4.69) is 4.72 Å². The van der Waals surface area contributed by atoms with Gasteiger partial charge < -0.3 is 14.6 Å². The van der Waals surface area contributed by atoms with Crippen molar-refractivity contribution in [3.8, 4) is 11.5 Å². The molecule has 6 nitrogen and oxygen atoms in total. The first-order chi connectivity index (χ1) is 9.63. The average molecular weight is 301 g/mol. The number of rotatable bonds is 7. The maximum Gasteiger partial charge on any atom is 0.240 e. The number of benzene rings is 1. The van der Waals surface area contributed by atoms with Crippen LogP contribution in [-0.4, -0.2) is 39.9 Å². The molecule has 1 aromatic rings. The fourth-order valence-corrected chi connectivity index (χ4v) is 2.98. The van der Waals surface area contributed by atoms with Crippen LogP contribution in [0.4, 0.5) is 0 Å². The molecule has 20 heavy (non-hydrogen) atoms. The van der Waals surface area contributed by atoms with Gasteiger partial charge in [-0.25, -0.2) is 13.1 Å². The molecular formula is C13H19NO5S. The number of sulfonamides is 1. The third-order valence-electron chi connectivity index (χ3n) is 2.95. The number of ether oxygens (including phenoxy) is 2. The molecule has 0 fully saturated rings. The molecule has 0 unspecified atom stereocenters. The Kier molecular flexibility index (Phi) is 5.22. The Labute approximate surface area is 118 Å². The zero-order valence-corrected chi connectivity index (χ0v) is 12.0. The lowest BCUT2D eigenvalue weighted by atomic mass is 10.2. The van der Waals surface area contributed by atoms with Gasteiger partial charge in [0.2, 0.25) is 10.0 Å². The first-order valence-corrected chi connectivity index (χ1v) is 8.12. The van der Waals surface area contributed by atoms with E-state index >= 15 is 0 Å². The van der Waals surface area contributed by atoms with Gasteiger partial charge in [-0.05, 0) is 31.4 Å². The smallest absolute Gasteiger partial charge is 0.240 e. The van der Waals surface area contributed by atoms with Crippen molar-refractivity contribution >= 4 is 10.0 Å². The molecule has 1 aliphatic heterocycles. The summed E-state index contributed by atoms with van der Waals surface area (Å²) in [6.45, 7) is 1.39. The molecule has 0 aromatic heterocycles. The highest BCUT2D eigenvalue weighted by molar-refractivity contribution is 7.89. The highest BCUT2D eigenvalue weighted by Gasteiger charge is 2.18. The number of hydrogen-bond donors (Lipinski definition) is 2. The van der Waals surface area contributed by atoms with Gasteiger partial charge >= 0.3 is 0 Å². The van der Waals surface area contributed by atoms with Crippen molar-refractivity contribution in [2.24, 2.45) is 0 Å². The normalized spacial score (nSPS) is 14.2. The molecule has 1 heterocycles. The van der Waals surface area contributed by atoms with E-state index in [9.17, 15) is 8.42 Å². The lowest BCUT2D eigenvalue weighted by Gasteiger charge is -2.18. The monoisotopic (exact) mass is 301 g/mol. The van der Waals surface area contributed by atoms with Gasteiger partial charge in [-0.1, -0.05) is 0 Å². The van der Waals surface area contributed by atoms with Crippen LogP contribution in [0.15, 0.2) is 23.1 Å². The van der Waals surface area contributed by atoms with Crippen LogP contribution in [0.5, 0.6) is 11.5 Å². The van der Waals surface area contributed by atoms with Crippen molar-refractivity contribution in [3.63, 3.8) is 0 Å². The first kappa shape index (κ1) is 15.1. The SMILES string of the molecule is O=S(=O)(NCCCCCO)c1ccc2c(c1)OCCO2. The van der Waals surface area contributed by atoms with Gasteiger partial charge in [-0.2, -0.15) is 0 Å². The second-order valence-corrected chi connectivity index (χ2v) is 6.25. The third kappa shape index (κ3) is 3.84. The molecule has 0 radical (unpaired) electrons. The van der Waals surface area contributed by atoms with E-state index in [1.54, 1.807) is 6.07 Å². The molecule has 112 valence electrons. The van der Waals surface area contributed by atoms with E-state index in [4.69, 9.17) is 14.6 Å². The maximum absolute atomic E-state index is 12.1. The summed E-state index contributed by atoms with van der Waals surface area (Å²) < 4.78 is 37.4. The predicted molar refractivity (Wildman–Crippen MR) is 73.6 cm³/mol. The van der Waals surface area contributed by atoms with Crippen molar-refractivity contribution in [2.75, 3.05) is 26.4 Å². The zero-order valence-electron chi connectivity index (χ0n) is 11.2. The Bertz CT molecular complexity index is 544. The number of unbranched alkanes of at least 4 members (excludes halogenated alkanes) is 2. The fourth-order valence-electron chi connectivity index (χ4n) is 1.89. The minimum absolute atomic E-state index is 0.134. The van der Waals surface area contributed by atoms with Crippen LogP contribution in [-0.2, 0) is 10.0 Å².